The van der Waals surface area contributed by atoms with Crippen LogP contribution >= 0.6 is 0 Å². The molecule has 2 rings (SSSR count). The maximum atomic E-state index is 12.2. The zero-order chi connectivity index (χ0) is 21.7. The molecule has 0 bridgehead atoms. The molecule has 1 atom stereocenters. The quantitative estimate of drug-likeness (QED) is 0.261. The first-order chi connectivity index (χ1) is 14.5. The third-order valence-electron chi connectivity index (χ3n) is 4.55. The van der Waals surface area contributed by atoms with Crippen molar-refractivity contribution in [3.05, 3.63) is 42.5 Å². The van der Waals surface area contributed by atoms with E-state index in [-0.39, 0.29) is 18.4 Å². The molecule has 1 saturated heterocycles. The molecule has 1 unspecified atom stereocenters. The Morgan fingerprint density at radius 3 is 2.90 bits per heavy atom. The molecule has 1 aromatic rings. The lowest BCUT2D eigenvalue weighted by Crippen LogP contribution is -2.42. The smallest absolute Gasteiger partial charge is 0.213 e. The van der Waals surface area contributed by atoms with Crippen molar-refractivity contribution in [3.63, 3.8) is 0 Å². The lowest BCUT2D eigenvalue weighted by molar-refractivity contribution is 0.0200. The van der Waals surface area contributed by atoms with E-state index in [1.54, 1.807) is 6.08 Å². The molecule has 1 fully saturated rings. The van der Waals surface area contributed by atoms with Gasteiger partial charge in [0.1, 0.15) is 12.4 Å². The van der Waals surface area contributed by atoms with Crippen LogP contribution in [0.4, 0.5) is 0 Å². The standard InChI is InChI=1S/C21H34N4O4S/c1-3-13-29-20-11-6-5-9-18(20)16-24-21(22-4-2)23-12-15-30(26,27)25-17-19-10-7-8-14-28-19/h3,5-6,9,11,19,25H,1,4,7-8,10,12-17H2,2H3,(H2,22,23,24). The SMILES string of the molecule is C=CCOc1ccccc1CN=C(NCC)NCCS(=O)(=O)NCC1CCCCO1. The predicted molar refractivity (Wildman–Crippen MR) is 120 cm³/mol. The predicted octanol–water partition coefficient (Wildman–Crippen LogP) is 1.80. The van der Waals surface area contributed by atoms with Gasteiger partial charge in [0.15, 0.2) is 5.96 Å². The van der Waals surface area contributed by atoms with E-state index in [0.29, 0.717) is 38.8 Å². The van der Waals surface area contributed by atoms with Gasteiger partial charge in [-0.1, -0.05) is 30.9 Å². The van der Waals surface area contributed by atoms with E-state index in [2.05, 4.69) is 26.9 Å². The fourth-order valence-electron chi connectivity index (χ4n) is 2.99. The molecule has 0 saturated carbocycles. The highest BCUT2D eigenvalue weighted by molar-refractivity contribution is 7.89. The van der Waals surface area contributed by atoms with Gasteiger partial charge in [-0.15, -0.1) is 0 Å². The maximum Gasteiger partial charge on any atom is 0.213 e. The van der Waals surface area contributed by atoms with E-state index in [1.165, 1.54) is 0 Å². The van der Waals surface area contributed by atoms with E-state index < -0.39 is 10.0 Å². The van der Waals surface area contributed by atoms with Crippen LogP contribution in [0.2, 0.25) is 0 Å². The summed E-state index contributed by atoms with van der Waals surface area (Å²) in [6, 6.07) is 7.68. The molecule has 9 heteroatoms. The molecule has 1 aromatic carbocycles. The third-order valence-corrected chi connectivity index (χ3v) is 5.90. The number of rotatable bonds is 12. The summed E-state index contributed by atoms with van der Waals surface area (Å²) in [5.41, 5.74) is 0.943. The van der Waals surface area contributed by atoms with Crippen LogP contribution in [0, 0.1) is 0 Å². The summed E-state index contributed by atoms with van der Waals surface area (Å²) in [7, 11) is -3.38. The number of hydrogen-bond donors (Lipinski definition) is 3. The van der Waals surface area contributed by atoms with Crippen molar-refractivity contribution in [1.29, 1.82) is 0 Å². The van der Waals surface area contributed by atoms with E-state index in [1.807, 2.05) is 31.2 Å². The Labute approximate surface area is 180 Å². The summed E-state index contributed by atoms with van der Waals surface area (Å²) in [4.78, 5) is 4.54. The van der Waals surface area contributed by atoms with E-state index >= 15 is 0 Å². The Kier molecular flexibility index (Phi) is 10.7. The van der Waals surface area contributed by atoms with Gasteiger partial charge in [0.25, 0.3) is 0 Å². The molecule has 1 aliphatic heterocycles. The largest absolute Gasteiger partial charge is 0.489 e. The number of sulfonamides is 1. The second-order valence-electron chi connectivity index (χ2n) is 6.99. The van der Waals surface area contributed by atoms with Crippen molar-refractivity contribution in [2.24, 2.45) is 4.99 Å². The van der Waals surface area contributed by atoms with Crippen LogP contribution in [0.1, 0.15) is 31.7 Å². The topological polar surface area (TPSA) is 101 Å². The van der Waals surface area contributed by atoms with Gasteiger partial charge >= 0.3 is 0 Å². The van der Waals surface area contributed by atoms with Gasteiger partial charge in [-0.2, -0.15) is 0 Å². The highest BCUT2D eigenvalue weighted by Crippen LogP contribution is 2.18. The number of ether oxygens (including phenoxy) is 2. The van der Waals surface area contributed by atoms with Crippen LogP contribution in [0.3, 0.4) is 0 Å². The van der Waals surface area contributed by atoms with Gasteiger partial charge < -0.3 is 20.1 Å². The summed E-state index contributed by atoms with van der Waals surface area (Å²) in [5, 5.41) is 6.21. The number of para-hydroxylation sites is 1. The minimum absolute atomic E-state index is 0.0243. The second kappa shape index (κ2) is 13.3. The Morgan fingerprint density at radius 1 is 1.33 bits per heavy atom. The van der Waals surface area contributed by atoms with E-state index in [9.17, 15) is 8.42 Å². The summed E-state index contributed by atoms with van der Waals surface area (Å²) < 4.78 is 38.4. The van der Waals surface area contributed by atoms with Crippen LogP contribution in [-0.2, 0) is 21.3 Å². The molecule has 0 aliphatic carbocycles. The highest BCUT2D eigenvalue weighted by atomic mass is 32.2. The third kappa shape index (κ3) is 9.15. The number of benzene rings is 1. The molecule has 3 N–H and O–H groups in total. The van der Waals surface area contributed by atoms with Crippen LogP contribution in [0.15, 0.2) is 41.9 Å². The van der Waals surface area contributed by atoms with Gasteiger partial charge in [-0.3, -0.25) is 0 Å². The Morgan fingerprint density at radius 2 is 2.17 bits per heavy atom. The van der Waals surface area contributed by atoms with Crippen molar-refractivity contribution >= 4 is 16.0 Å². The fourth-order valence-corrected chi connectivity index (χ4v) is 3.95. The molecule has 0 amide bonds. The minimum atomic E-state index is -3.38. The van der Waals surface area contributed by atoms with Gasteiger partial charge in [-0.05, 0) is 32.3 Å². The monoisotopic (exact) mass is 438 g/mol. The lowest BCUT2D eigenvalue weighted by atomic mass is 10.1. The van der Waals surface area contributed by atoms with Crippen LogP contribution in [-0.4, -0.2) is 59.1 Å². The maximum absolute atomic E-state index is 12.2. The molecule has 168 valence electrons. The first-order valence-corrected chi connectivity index (χ1v) is 12.1. The van der Waals surface area contributed by atoms with Gasteiger partial charge in [0.05, 0.1) is 18.4 Å². The summed E-state index contributed by atoms with van der Waals surface area (Å²) in [6.07, 6.45) is 4.70. The zero-order valence-electron chi connectivity index (χ0n) is 17.7. The van der Waals surface area contributed by atoms with Gasteiger partial charge in [0.2, 0.25) is 10.0 Å². The number of guanidine groups is 1. The lowest BCUT2D eigenvalue weighted by Gasteiger charge is -2.22. The van der Waals surface area contributed by atoms with Crippen molar-refractivity contribution in [2.45, 2.75) is 38.8 Å². The van der Waals surface area contributed by atoms with E-state index in [4.69, 9.17) is 9.47 Å². The summed E-state index contributed by atoms with van der Waals surface area (Å²) in [5.74, 6) is 1.28. The molecule has 30 heavy (non-hydrogen) atoms. The molecule has 1 aliphatic rings. The van der Waals surface area contributed by atoms with Crippen LogP contribution in [0.5, 0.6) is 5.75 Å². The van der Waals surface area contributed by atoms with Gasteiger partial charge in [-0.25, -0.2) is 18.1 Å². The second-order valence-corrected chi connectivity index (χ2v) is 8.91. The number of nitrogens with zero attached hydrogens (tertiary/aromatic N) is 1. The van der Waals surface area contributed by atoms with Crippen molar-refractivity contribution in [2.75, 3.05) is 38.6 Å². The molecule has 8 nitrogen and oxygen atoms in total. The number of hydrogen-bond acceptors (Lipinski definition) is 5. The molecule has 0 spiro atoms. The highest BCUT2D eigenvalue weighted by Gasteiger charge is 2.17. The summed E-state index contributed by atoms with van der Waals surface area (Å²) >= 11 is 0. The average molecular weight is 439 g/mol. The Hall–Kier alpha value is -2.10. The van der Waals surface area contributed by atoms with E-state index in [0.717, 1.165) is 30.6 Å². The Bertz CT molecular complexity index is 777. The molecule has 0 aromatic heterocycles. The Balaban J connectivity index is 1.83. The molecular formula is C21H34N4O4S. The van der Waals surface area contributed by atoms with Crippen molar-refractivity contribution < 1.29 is 17.9 Å². The van der Waals surface area contributed by atoms with Crippen molar-refractivity contribution in [1.82, 2.24) is 15.4 Å². The zero-order valence-corrected chi connectivity index (χ0v) is 18.5. The molecule has 0 radical (unpaired) electrons. The van der Waals surface area contributed by atoms with Crippen LogP contribution < -0.4 is 20.1 Å². The summed E-state index contributed by atoms with van der Waals surface area (Å²) in [6.45, 7) is 8.42. The minimum Gasteiger partial charge on any atom is -0.489 e. The van der Waals surface area contributed by atoms with Crippen LogP contribution in [0.25, 0.3) is 0 Å². The molecular weight excluding hydrogens is 404 g/mol. The molecule has 1 heterocycles. The number of aliphatic imine (C=N–C) groups is 1. The average Bonchev–Trinajstić information content (AvgIpc) is 2.76. The fraction of sp³-hybridized carbons (Fsp3) is 0.571. The first kappa shape index (κ1) is 24.2. The normalized spacial score (nSPS) is 17.4. The number of nitrogens with one attached hydrogen (secondary N) is 3. The first-order valence-electron chi connectivity index (χ1n) is 10.5. The van der Waals surface area contributed by atoms with Gasteiger partial charge in [0, 0.05) is 31.8 Å². The van der Waals surface area contributed by atoms with Crippen molar-refractivity contribution in [3.8, 4) is 5.75 Å².